The fourth-order valence-electron chi connectivity index (χ4n) is 1.02. The maximum absolute atomic E-state index is 5.93. The average Bonchev–Trinajstić information content (AvgIpc) is 2.20. The predicted octanol–water partition coefficient (Wildman–Crippen LogP) is 4.45. The molecule has 0 unspecified atom stereocenters. The van der Waals surface area contributed by atoms with Crippen molar-refractivity contribution in [3.8, 4) is 5.75 Å². The Labute approximate surface area is 105 Å². The summed E-state index contributed by atoms with van der Waals surface area (Å²) >= 11 is 9.40. The van der Waals surface area contributed by atoms with Crippen LogP contribution in [0.2, 0.25) is 5.02 Å². The van der Waals surface area contributed by atoms with Gasteiger partial charge in [-0.15, -0.1) is 0 Å². The molecule has 0 aliphatic rings. The highest BCUT2D eigenvalue weighted by atomic mass is 79.9. The van der Waals surface area contributed by atoms with Gasteiger partial charge in [-0.1, -0.05) is 41.4 Å². The molecule has 15 heavy (non-hydrogen) atoms. The zero-order valence-electron chi connectivity index (χ0n) is 9.31. The van der Waals surface area contributed by atoms with Gasteiger partial charge in [-0.3, -0.25) is 0 Å². The number of rotatable bonds is 4. The second-order valence-corrected chi connectivity index (χ2v) is 5.47. The fourth-order valence-corrected chi connectivity index (χ4v) is 1.30. The first-order valence-corrected chi connectivity index (χ1v) is 6.39. The van der Waals surface area contributed by atoms with Gasteiger partial charge >= 0.3 is 0 Å². The largest absolute Gasteiger partial charge is 0.493 e. The van der Waals surface area contributed by atoms with Crippen LogP contribution < -0.4 is 4.74 Å². The number of alkyl halides is 1. The molecule has 0 aliphatic carbocycles. The van der Waals surface area contributed by atoms with Crippen molar-refractivity contribution in [1.29, 1.82) is 0 Å². The lowest BCUT2D eigenvalue weighted by Gasteiger charge is -2.21. The lowest BCUT2D eigenvalue weighted by molar-refractivity contribution is 0.203. The van der Waals surface area contributed by atoms with E-state index in [9.17, 15) is 0 Å². The van der Waals surface area contributed by atoms with E-state index in [2.05, 4.69) is 29.8 Å². The Morgan fingerprint density at radius 3 is 2.60 bits per heavy atom. The highest BCUT2D eigenvalue weighted by Gasteiger charge is 2.16. The zero-order valence-corrected chi connectivity index (χ0v) is 11.7. The number of ether oxygens (including phenoxy) is 1. The van der Waals surface area contributed by atoms with Gasteiger partial charge in [0.05, 0.1) is 6.61 Å². The fraction of sp³-hybridized carbons (Fsp3) is 0.500. The molecule has 84 valence electrons. The molecule has 0 saturated heterocycles. The van der Waals surface area contributed by atoms with Crippen LogP contribution >= 0.6 is 27.5 Å². The van der Waals surface area contributed by atoms with E-state index in [1.807, 2.05) is 25.1 Å². The van der Waals surface area contributed by atoms with E-state index in [0.717, 1.165) is 21.7 Å². The molecule has 0 atom stereocenters. The van der Waals surface area contributed by atoms with Gasteiger partial charge in [-0.05, 0) is 30.7 Å². The molecule has 0 saturated carbocycles. The molecule has 0 aliphatic heterocycles. The van der Waals surface area contributed by atoms with Crippen LogP contribution in [0, 0.1) is 12.3 Å². The van der Waals surface area contributed by atoms with E-state index in [0.29, 0.717) is 6.61 Å². The summed E-state index contributed by atoms with van der Waals surface area (Å²) in [5.41, 5.74) is 1.19. The Bertz CT molecular complexity index is 336. The summed E-state index contributed by atoms with van der Waals surface area (Å²) in [6, 6.07) is 5.74. The van der Waals surface area contributed by atoms with Crippen molar-refractivity contribution >= 4 is 27.5 Å². The van der Waals surface area contributed by atoms with Crippen LogP contribution in [0.5, 0.6) is 5.75 Å². The summed E-state index contributed by atoms with van der Waals surface area (Å²) in [6.45, 7) is 6.99. The third-order valence-corrected chi connectivity index (χ3v) is 4.06. The Morgan fingerprint density at radius 1 is 1.40 bits per heavy atom. The summed E-state index contributed by atoms with van der Waals surface area (Å²) in [4.78, 5) is 0. The smallest absolute Gasteiger partial charge is 0.119 e. The molecule has 0 aromatic heterocycles. The van der Waals surface area contributed by atoms with Crippen molar-refractivity contribution in [2.45, 2.75) is 20.8 Å². The Hall–Kier alpha value is -0.210. The minimum atomic E-state index is 0.146. The third kappa shape index (κ3) is 4.04. The first-order chi connectivity index (χ1) is 6.94. The van der Waals surface area contributed by atoms with E-state index < -0.39 is 0 Å². The molecular formula is C12H16BrClO. The number of aryl methyl sites for hydroxylation is 1. The zero-order chi connectivity index (χ0) is 11.5. The van der Waals surface area contributed by atoms with E-state index in [1.54, 1.807) is 0 Å². The molecule has 1 nitrogen and oxygen atoms in total. The summed E-state index contributed by atoms with van der Waals surface area (Å²) < 4.78 is 5.71. The molecule has 3 heteroatoms. The molecule has 1 aromatic carbocycles. The van der Waals surface area contributed by atoms with Crippen LogP contribution in [0.4, 0.5) is 0 Å². The van der Waals surface area contributed by atoms with Crippen LogP contribution in [-0.4, -0.2) is 11.9 Å². The van der Waals surface area contributed by atoms with Crippen molar-refractivity contribution in [2.75, 3.05) is 11.9 Å². The van der Waals surface area contributed by atoms with E-state index >= 15 is 0 Å². The molecule has 1 rings (SSSR count). The van der Waals surface area contributed by atoms with E-state index in [4.69, 9.17) is 16.3 Å². The number of hydrogen-bond donors (Lipinski definition) is 0. The quantitative estimate of drug-likeness (QED) is 0.745. The summed E-state index contributed by atoms with van der Waals surface area (Å²) in [5.74, 6) is 0.880. The average molecular weight is 292 g/mol. The van der Waals surface area contributed by atoms with Gasteiger partial charge in [-0.25, -0.2) is 0 Å². The molecule has 0 radical (unpaired) electrons. The Kier molecular flexibility index (Phi) is 4.47. The second kappa shape index (κ2) is 5.22. The van der Waals surface area contributed by atoms with Gasteiger partial charge in [0, 0.05) is 15.8 Å². The molecule has 0 heterocycles. The van der Waals surface area contributed by atoms with Gasteiger partial charge in [0.1, 0.15) is 5.75 Å². The summed E-state index contributed by atoms with van der Waals surface area (Å²) in [5, 5.41) is 1.70. The van der Waals surface area contributed by atoms with Crippen molar-refractivity contribution in [1.82, 2.24) is 0 Å². The van der Waals surface area contributed by atoms with E-state index in [1.165, 1.54) is 0 Å². The topological polar surface area (TPSA) is 9.23 Å². The number of hydrogen-bond acceptors (Lipinski definition) is 1. The van der Waals surface area contributed by atoms with Crippen molar-refractivity contribution in [2.24, 2.45) is 5.41 Å². The summed E-state index contributed by atoms with van der Waals surface area (Å²) in [6.07, 6.45) is 0. The number of benzene rings is 1. The monoisotopic (exact) mass is 290 g/mol. The summed E-state index contributed by atoms with van der Waals surface area (Å²) in [7, 11) is 0. The van der Waals surface area contributed by atoms with E-state index in [-0.39, 0.29) is 5.41 Å². The molecule has 0 bridgehead atoms. The first-order valence-electron chi connectivity index (χ1n) is 4.89. The van der Waals surface area contributed by atoms with Gasteiger partial charge in [0.25, 0.3) is 0 Å². The molecule has 0 N–H and O–H groups in total. The minimum absolute atomic E-state index is 0.146. The number of halogens is 2. The van der Waals surface area contributed by atoms with Crippen molar-refractivity contribution in [3.05, 3.63) is 28.8 Å². The van der Waals surface area contributed by atoms with Crippen molar-refractivity contribution < 1.29 is 4.74 Å². The van der Waals surface area contributed by atoms with Gasteiger partial charge in [-0.2, -0.15) is 0 Å². The van der Waals surface area contributed by atoms with Gasteiger partial charge in [0.15, 0.2) is 0 Å². The minimum Gasteiger partial charge on any atom is -0.493 e. The predicted molar refractivity (Wildman–Crippen MR) is 69.3 cm³/mol. The van der Waals surface area contributed by atoms with Crippen LogP contribution in [0.15, 0.2) is 18.2 Å². The van der Waals surface area contributed by atoms with Crippen LogP contribution in [-0.2, 0) is 0 Å². The third-order valence-electron chi connectivity index (χ3n) is 2.12. The lowest BCUT2D eigenvalue weighted by atomic mass is 9.98. The highest BCUT2D eigenvalue weighted by molar-refractivity contribution is 9.09. The van der Waals surface area contributed by atoms with Gasteiger partial charge < -0.3 is 4.74 Å². The first kappa shape index (κ1) is 12.9. The molecule has 0 fully saturated rings. The lowest BCUT2D eigenvalue weighted by Crippen LogP contribution is -2.22. The van der Waals surface area contributed by atoms with Crippen molar-refractivity contribution in [3.63, 3.8) is 0 Å². The molecule has 1 aromatic rings. The van der Waals surface area contributed by atoms with Crippen LogP contribution in [0.25, 0.3) is 0 Å². The highest BCUT2D eigenvalue weighted by Crippen LogP contribution is 2.24. The maximum atomic E-state index is 5.93. The second-order valence-electron chi connectivity index (χ2n) is 4.50. The van der Waals surface area contributed by atoms with Crippen LogP contribution in [0.3, 0.4) is 0 Å². The standard InChI is InChI=1S/C12H16BrClO/c1-9-6-10(4-5-11(9)14)15-8-12(2,3)7-13/h4-6H,7-8H2,1-3H3. The van der Waals surface area contributed by atoms with Gasteiger partial charge in [0.2, 0.25) is 0 Å². The Balaban J connectivity index is 2.62. The Morgan fingerprint density at radius 2 is 2.07 bits per heavy atom. The SMILES string of the molecule is Cc1cc(OCC(C)(C)CBr)ccc1Cl. The normalized spacial score (nSPS) is 11.5. The maximum Gasteiger partial charge on any atom is 0.119 e. The molecule has 0 amide bonds. The molecule has 0 spiro atoms. The van der Waals surface area contributed by atoms with Crippen LogP contribution in [0.1, 0.15) is 19.4 Å². The molecular weight excluding hydrogens is 275 g/mol.